The maximum absolute atomic E-state index is 11.0. The summed E-state index contributed by atoms with van der Waals surface area (Å²) in [5.74, 6) is 0.792. The van der Waals surface area contributed by atoms with Gasteiger partial charge in [0.05, 0.1) is 0 Å². The summed E-state index contributed by atoms with van der Waals surface area (Å²) >= 11 is 0. The van der Waals surface area contributed by atoms with Crippen LogP contribution in [0.5, 0.6) is 11.5 Å². The lowest BCUT2D eigenvalue weighted by Crippen LogP contribution is -2.29. The van der Waals surface area contributed by atoms with Gasteiger partial charge in [0.2, 0.25) is 0 Å². The van der Waals surface area contributed by atoms with Crippen molar-refractivity contribution in [3.8, 4) is 22.6 Å². The van der Waals surface area contributed by atoms with Crippen LogP contribution in [0.25, 0.3) is 11.1 Å². The first-order chi connectivity index (χ1) is 16.6. The monoisotopic (exact) mass is 460 g/mol. The molecule has 2 fully saturated rings. The molecule has 0 spiro atoms. The van der Waals surface area contributed by atoms with Gasteiger partial charge in [0.25, 0.3) is 0 Å². The number of piperidine rings is 2. The Hall–Kier alpha value is -2.56. The second-order valence-corrected chi connectivity index (χ2v) is 9.95. The van der Waals surface area contributed by atoms with E-state index < -0.39 is 0 Å². The number of nitrogens with zero attached hydrogens (tertiary/aromatic N) is 2. The third-order valence-corrected chi connectivity index (χ3v) is 7.28. The van der Waals surface area contributed by atoms with Crippen LogP contribution in [0.2, 0.25) is 0 Å². The maximum Gasteiger partial charge on any atom is 0.123 e. The van der Waals surface area contributed by atoms with Gasteiger partial charge in [-0.05, 0) is 111 Å². The molecule has 4 nitrogen and oxygen atoms in total. The maximum atomic E-state index is 11.0. The van der Waals surface area contributed by atoms with Crippen LogP contribution >= 0.6 is 0 Å². The lowest BCUT2D eigenvalue weighted by atomic mass is 9.92. The van der Waals surface area contributed by atoms with E-state index in [0.29, 0.717) is 24.3 Å². The normalized spacial score (nSPS) is 17.5. The molecule has 4 heteroatoms. The first-order valence-electron chi connectivity index (χ1n) is 13.0. The van der Waals surface area contributed by atoms with Crippen molar-refractivity contribution in [1.82, 2.24) is 9.80 Å². The molecule has 2 aromatic carbocycles. The van der Waals surface area contributed by atoms with Gasteiger partial charge in [0.1, 0.15) is 11.5 Å². The van der Waals surface area contributed by atoms with E-state index in [9.17, 15) is 10.2 Å². The van der Waals surface area contributed by atoms with Crippen LogP contribution in [0.15, 0.2) is 49.6 Å². The van der Waals surface area contributed by atoms with Gasteiger partial charge >= 0.3 is 0 Å². The predicted octanol–water partition coefficient (Wildman–Crippen LogP) is 6.19. The minimum atomic E-state index is 0.396. The Morgan fingerprint density at radius 3 is 1.29 bits per heavy atom. The molecule has 0 aromatic heterocycles. The van der Waals surface area contributed by atoms with Crippen LogP contribution in [0.4, 0.5) is 0 Å². The van der Waals surface area contributed by atoms with Crippen LogP contribution < -0.4 is 0 Å². The fourth-order valence-electron chi connectivity index (χ4n) is 5.43. The Balaban J connectivity index is 1.73. The third-order valence-electron chi connectivity index (χ3n) is 7.28. The lowest BCUT2D eigenvalue weighted by Gasteiger charge is -2.28. The lowest BCUT2D eigenvalue weighted by molar-refractivity contribution is 0.218. The SMILES string of the molecule is C=CCc1cc(-c2cc(CC=C)c(O)c(CN3CCCCC3)c2)cc(CN2CCCCC2)c1O. The molecule has 2 aromatic rings. The Morgan fingerprint density at radius 2 is 0.941 bits per heavy atom. The highest BCUT2D eigenvalue weighted by atomic mass is 16.3. The third kappa shape index (κ3) is 5.92. The molecule has 2 saturated heterocycles. The number of phenolic OH excluding ortho intramolecular Hbond substituents is 2. The molecule has 0 amide bonds. The van der Waals surface area contributed by atoms with Gasteiger partial charge in [-0.2, -0.15) is 0 Å². The highest BCUT2D eigenvalue weighted by Crippen LogP contribution is 2.36. The van der Waals surface area contributed by atoms with Crippen LogP contribution in [0, 0.1) is 0 Å². The van der Waals surface area contributed by atoms with Crippen molar-refractivity contribution in [1.29, 1.82) is 0 Å². The van der Waals surface area contributed by atoms with E-state index in [0.717, 1.165) is 72.6 Å². The van der Waals surface area contributed by atoms with Crippen LogP contribution in [-0.2, 0) is 25.9 Å². The predicted molar refractivity (Wildman–Crippen MR) is 141 cm³/mol. The van der Waals surface area contributed by atoms with Crippen molar-refractivity contribution in [3.63, 3.8) is 0 Å². The summed E-state index contributed by atoms with van der Waals surface area (Å²) < 4.78 is 0. The standard InChI is InChI=1S/C30H40N2O2/c1-3-11-23-17-25(19-27(29(23)33)21-31-13-7-5-8-14-31)26-18-24(12-4-2)30(34)28(20-26)22-32-15-9-6-10-16-32/h3-4,17-20,33-34H,1-2,5-16,21-22H2. The second-order valence-electron chi connectivity index (χ2n) is 9.95. The number of rotatable bonds is 9. The van der Waals surface area contributed by atoms with Crippen molar-refractivity contribution >= 4 is 0 Å². The van der Waals surface area contributed by atoms with Gasteiger partial charge in [-0.25, -0.2) is 0 Å². The largest absolute Gasteiger partial charge is 0.507 e. The molecular weight excluding hydrogens is 420 g/mol. The number of likely N-dealkylation sites (tertiary alicyclic amines) is 2. The highest BCUT2D eigenvalue weighted by molar-refractivity contribution is 5.71. The number of benzene rings is 2. The summed E-state index contributed by atoms with van der Waals surface area (Å²) in [4.78, 5) is 4.89. The minimum Gasteiger partial charge on any atom is -0.507 e. The van der Waals surface area contributed by atoms with E-state index in [-0.39, 0.29) is 0 Å². The minimum absolute atomic E-state index is 0.396. The van der Waals surface area contributed by atoms with Gasteiger partial charge in [0.15, 0.2) is 0 Å². The average Bonchev–Trinajstić information content (AvgIpc) is 2.85. The van der Waals surface area contributed by atoms with Gasteiger partial charge in [-0.1, -0.05) is 25.0 Å². The molecule has 2 aliphatic rings. The number of hydrogen-bond donors (Lipinski definition) is 2. The highest BCUT2D eigenvalue weighted by Gasteiger charge is 2.19. The average molecular weight is 461 g/mol. The number of aromatic hydroxyl groups is 2. The molecule has 34 heavy (non-hydrogen) atoms. The van der Waals surface area contributed by atoms with E-state index in [1.165, 1.54) is 38.5 Å². The van der Waals surface area contributed by atoms with Crippen LogP contribution in [-0.4, -0.2) is 46.2 Å². The van der Waals surface area contributed by atoms with Crippen molar-refractivity contribution in [2.45, 2.75) is 64.5 Å². The Morgan fingerprint density at radius 1 is 0.588 bits per heavy atom. The summed E-state index contributed by atoms with van der Waals surface area (Å²) in [6, 6.07) is 8.47. The van der Waals surface area contributed by atoms with Gasteiger partial charge in [-0.3, -0.25) is 9.80 Å². The molecule has 2 heterocycles. The first kappa shape index (κ1) is 24.6. The fraction of sp³-hybridized carbons (Fsp3) is 0.467. The van der Waals surface area contributed by atoms with Gasteiger partial charge < -0.3 is 10.2 Å². The zero-order valence-electron chi connectivity index (χ0n) is 20.6. The molecule has 0 atom stereocenters. The Kier molecular flexibility index (Phi) is 8.47. The van der Waals surface area contributed by atoms with Crippen molar-refractivity contribution in [2.24, 2.45) is 0 Å². The summed E-state index contributed by atoms with van der Waals surface area (Å²) in [6.07, 6.45) is 12.5. The summed E-state index contributed by atoms with van der Waals surface area (Å²) in [5, 5.41) is 22.1. The molecule has 0 unspecified atom stereocenters. The van der Waals surface area contributed by atoms with Crippen LogP contribution in [0.1, 0.15) is 60.8 Å². The van der Waals surface area contributed by atoms with Crippen LogP contribution in [0.3, 0.4) is 0 Å². The molecule has 2 N–H and O–H groups in total. The van der Waals surface area contributed by atoms with Crippen molar-refractivity contribution in [2.75, 3.05) is 26.2 Å². The summed E-state index contributed by atoms with van der Waals surface area (Å²) in [5.41, 5.74) is 5.96. The number of phenols is 2. The van der Waals surface area contributed by atoms with Gasteiger partial charge in [-0.15, -0.1) is 13.2 Å². The zero-order chi connectivity index (χ0) is 23.9. The molecule has 182 valence electrons. The quantitative estimate of drug-likeness (QED) is 0.438. The summed E-state index contributed by atoms with van der Waals surface area (Å²) in [6.45, 7) is 13.7. The van der Waals surface area contributed by atoms with Gasteiger partial charge in [0, 0.05) is 24.2 Å². The topological polar surface area (TPSA) is 46.9 Å². The first-order valence-corrected chi connectivity index (χ1v) is 13.0. The molecule has 4 rings (SSSR count). The van der Waals surface area contributed by atoms with Crippen molar-refractivity contribution in [3.05, 3.63) is 71.8 Å². The number of allylic oxidation sites excluding steroid dienone is 2. The zero-order valence-corrected chi connectivity index (χ0v) is 20.6. The Bertz CT molecular complexity index is 920. The molecule has 0 aliphatic carbocycles. The summed E-state index contributed by atoms with van der Waals surface area (Å²) in [7, 11) is 0. The van der Waals surface area contributed by atoms with E-state index in [2.05, 4.69) is 47.2 Å². The molecule has 0 saturated carbocycles. The molecular formula is C30H40N2O2. The molecule has 0 bridgehead atoms. The van der Waals surface area contributed by atoms with E-state index in [1.807, 2.05) is 12.2 Å². The number of hydrogen-bond acceptors (Lipinski definition) is 4. The molecule has 2 aliphatic heterocycles. The van der Waals surface area contributed by atoms with E-state index in [4.69, 9.17) is 0 Å². The fourth-order valence-corrected chi connectivity index (χ4v) is 5.43. The van der Waals surface area contributed by atoms with E-state index >= 15 is 0 Å². The Labute approximate surface area is 205 Å². The second kappa shape index (κ2) is 11.7. The van der Waals surface area contributed by atoms with Crippen molar-refractivity contribution < 1.29 is 10.2 Å². The molecule has 0 radical (unpaired) electrons. The smallest absolute Gasteiger partial charge is 0.123 e. The van der Waals surface area contributed by atoms with E-state index in [1.54, 1.807) is 0 Å².